The van der Waals surface area contributed by atoms with Gasteiger partial charge in [0.25, 0.3) is 0 Å². The molecule has 0 aliphatic carbocycles. The van der Waals surface area contributed by atoms with Gasteiger partial charge in [0, 0.05) is 7.11 Å². The van der Waals surface area contributed by atoms with E-state index < -0.39 is 12.1 Å². The zero-order chi connectivity index (χ0) is 12.1. The molecule has 1 aromatic carbocycles. The summed E-state index contributed by atoms with van der Waals surface area (Å²) in [6, 6.07) is 4.78. The summed E-state index contributed by atoms with van der Waals surface area (Å²) in [4.78, 5) is 10.6. The third kappa shape index (κ3) is 2.95. The van der Waals surface area contributed by atoms with E-state index in [4.69, 9.17) is 14.6 Å². The molecular weight excluding hydrogens is 212 g/mol. The Kier molecular flexibility index (Phi) is 4.28. The maximum absolute atomic E-state index is 10.6. The third-order valence-electron chi connectivity index (χ3n) is 2.09. The molecule has 88 valence electrons. The number of carboxylic acids is 1. The normalized spacial score (nSPS) is 12.2. The lowest BCUT2D eigenvalue weighted by Crippen LogP contribution is -2.11. The van der Waals surface area contributed by atoms with Crippen LogP contribution >= 0.6 is 0 Å². The summed E-state index contributed by atoms with van der Waals surface area (Å²) in [6.45, 7) is 0.330. The van der Waals surface area contributed by atoms with E-state index in [1.807, 2.05) is 0 Å². The van der Waals surface area contributed by atoms with Crippen molar-refractivity contribution in [1.29, 1.82) is 0 Å². The first kappa shape index (κ1) is 12.5. The highest BCUT2D eigenvalue weighted by Gasteiger charge is 2.17. The lowest BCUT2D eigenvalue weighted by molar-refractivity contribution is -0.146. The minimum absolute atomic E-state index is 0.277. The fourth-order valence-corrected chi connectivity index (χ4v) is 1.35. The minimum atomic E-state index is -1.55. The van der Waals surface area contributed by atoms with E-state index in [0.29, 0.717) is 12.4 Å². The summed E-state index contributed by atoms with van der Waals surface area (Å²) in [5.41, 5.74) is 1.02. The molecule has 0 aromatic heterocycles. The van der Waals surface area contributed by atoms with Crippen molar-refractivity contribution in [3.05, 3.63) is 29.3 Å². The van der Waals surface area contributed by atoms with Crippen molar-refractivity contribution < 1.29 is 24.5 Å². The Hall–Kier alpha value is -1.59. The Balaban J connectivity index is 3.08. The van der Waals surface area contributed by atoms with Crippen LogP contribution in [0, 0.1) is 0 Å². The molecule has 1 unspecified atom stereocenters. The van der Waals surface area contributed by atoms with Crippen molar-refractivity contribution in [1.82, 2.24) is 0 Å². The maximum atomic E-state index is 10.6. The number of carbonyl (C=O) groups is 1. The van der Waals surface area contributed by atoms with E-state index in [-0.39, 0.29) is 5.56 Å². The Morgan fingerprint density at radius 3 is 2.56 bits per heavy atom. The van der Waals surface area contributed by atoms with Crippen LogP contribution < -0.4 is 4.74 Å². The van der Waals surface area contributed by atoms with Crippen LogP contribution in [0.3, 0.4) is 0 Å². The Morgan fingerprint density at radius 1 is 1.38 bits per heavy atom. The van der Waals surface area contributed by atoms with Gasteiger partial charge in [0.2, 0.25) is 0 Å². The van der Waals surface area contributed by atoms with Crippen molar-refractivity contribution in [2.24, 2.45) is 0 Å². The van der Waals surface area contributed by atoms with Gasteiger partial charge < -0.3 is 19.7 Å². The van der Waals surface area contributed by atoms with E-state index in [1.54, 1.807) is 12.1 Å². The number of aliphatic hydroxyl groups excluding tert-OH is 1. The molecule has 0 aliphatic rings. The minimum Gasteiger partial charge on any atom is -0.497 e. The zero-order valence-corrected chi connectivity index (χ0v) is 9.14. The van der Waals surface area contributed by atoms with Crippen LogP contribution in [-0.4, -0.2) is 30.4 Å². The molecule has 16 heavy (non-hydrogen) atoms. The number of aliphatic hydroxyl groups is 1. The monoisotopic (exact) mass is 226 g/mol. The summed E-state index contributed by atoms with van der Waals surface area (Å²) < 4.78 is 9.95. The number of hydrogen-bond donors (Lipinski definition) is 2. The second-order valence-corrected chi connectivity index (χ2v) is 3.29. The molecule has 5 nitrogen and oxygen atoms in total. The van der Waals surface area contributed by atoms with E-state index in [1.165, 1.54) is 20.3 Å². The van der Waals surface area contributed by atoms with Crippen LogP contribution in [0.2, 0.25) is 0 Å². The maximum Gasteiger partial charge on any atom is 0.337 e. The largest absolute Gasteiger partial charge is 0.497 e. The predicted molar refractivity (Wildman–Crippen MR) is 56.3 cm³/mol. The average molecular weight is 226 g/mol. The smallest absolute Gasteiger partial charge is 0.337 e. The molecule has 5 heteroatoms. The highest BCUT2D eigenvalue weighted by Crippen LogP contribution is 2.22. The molecular formula is C11H14O5. The molecule has 2 N–H and O–H groups in total. The van der Waals surface area contributed by atoms with Crippen molar-refractivity contribution in [3.63, 3.8) is 0 Å². The lowest BCUT2D eigenvalue weighted by Gasteiger charge is -2.10. The van der Waals surface area contributed by atoms with Crippen LogP contribution in [0.5, 0.6) is 5.75 Å². The summed E-state index contributed by atoms with van der Waals surface area (Å²) >= 11 is 0. The van der Waals surface area contributed by atoms with Crippen LogP contribution in [0.25, 0.3) is 0 Å². The van der Waals surface area contributed by atoms with Gasteiger partial charge in [-0.3, -0.25) is 0 Å². The SMILES string of the molecule is COCc1cc(OC)cc(C(O)C(=O)O)c1. The van der Waals surface area contributed by atoms with Gasteiger partial charge in [0.15, 0.2) is 6.10 Å². The third-order valence-corrected chi connectivity index (χ3v) is 2.09. The quantitative estimate of drug-likeness (QED) is 0.782. The second kappa shape index (κ2) is 5.48. The molecule has 0 radical (unpaired) electrons. The number of benzene rings is 1. The molecule has 0 heterocycles. The van der Waals surface area contributed by atoms with E-state index in [2.05, 4.69) is 0 Å². The second-order valence-electron chi connectivity index (χ2n) is 3.29. The van der Waals surface area contributed by atoms with Crippen molar-refractivity contribution >= 4 is 5.97 Å². The lowest BCUT2D eigenvalue weighted by atomic mass is 10.1. The molecule has 1 atom stereocenters. The van der Waals surface area contributed by atoms with Crippen molar-refractivity contribution in [2.45, 2.75) is 12.7 Å². The molecule has 0 amide bonds. The number of methoxy groups -OCH3 is 2. The fraction of sp³-hybridized carbons (Fsp3) is 0.364. The molecule has 1 aromatic rings. The topological polar surface area (TPSA) is 76.0 Å². The zero-order valence-electron chi connectivity index (χ0n) is 9.14. The molecule has 1 rings (SSSR count). The summed E-state index contributed by atoms with van der Waals surface area (Å²) in [5, 5.41) is 18.1. The fourth-order valence-electron chi connectivity index (χ4n) is 1.35. The predicted octanol–water partition coefficient (Wildman–Crippen LogP) is 0.960. The summed E-state index contributed by atoms with van der Waals surface area (Å²) in [5.74, 6) is -0.804. The summed E-state index contributed by atoms with van der Waals surface area (Å²) in [6.07, 6.45) is -1.55. The average Bonchev–Trinajstić information content (AvgIpc) is 2.27. The van der Waals surface area contributed by atoms with E-state index >= 15 is 0 Å². The van der Waals surface area contributed by atoms with Crippen LogP contribution in [0.15, 0.2) is 18.2 Å². The highest BCUT2D eigenvalue weighted by atomic mass is 16.5. The van der Waals surface area contributed by atoms with Crippen molar-refractivity contribution in [3.8, 4) is 5.75 Å². The van der Waals surface area contributed by atoms with Crippen molar-refractivity contribution in [2.75, 3.05) is 14.2 Å². The molecule has 0 aliphatic heterocycles. The Labute approximate surface area is 93.2 Å². The van der Waals surface area contributed by atoms with Gasteiger partial charge in [0.1, 0.15) is 5.75 Å². The Bertz CT molecular complexity index is 375. The number of hydrogen-bond acceptors (Lipinski definition) is 4. The summed E-state index contributed by atoms with van der Waals surface area (Å²) in [7, 11) is 3.01. The van der Waals surface area contributed by atoms with Gasteiger partial charge in [-0.2, -0.15) is 0 Å². The molecule has 0 spiro atoms. The highest BCUT2D eigenvalue weighted by molar-refractivity contribution is 5.74. The van der Waals surface area contributed by atoms with Gasteiger partial charge in [0.05, 0.1) is 13.7 Å². The number of rotatable bonds is 5. The molecule has 0 saturated heterocycles. The Morgan fingerprint density at radius 2 is 2.06 bits per heavy atom. The van der Waals surface area contributed by atoms with E-state index in [0.717, 1.165) is 5.56 Å². The molecule has 0 bridgehead atoms. The van der Waals surface area contributed by atoms with Gasteiger partial charge in [-0.05, 0) is 23.3 Å². The molecule has 0 saturated carbocycles. The van der Waals surface area contributed by atoms with Gasteiger partial charge >= 0.3 is 5.97 Å². The molecule has 0 fully saturated rings. The van der Waals surface area contributed by atoms with Gasteiger partial charge in [-0.1, -0.05) is 6.07 Å². The van der Waals surface area contributed by atoms with Gasteiger partial charge in [-0.25, -0.2) is 4.79 Å². The van der Waals surface area contributed by atoms with E-state index in [9.17, 15) is 9.90 Å². The number of ether oxygens (including phenoxy) is 2. The first-order valence-electron chi connectivity index (χ1n) is 4.66. The van der Waals surface area contributed by atoms with Crippen LogP contribution in [0.4, 0.5) is 0 Å². The standard InChI is InChI=1S/C11H14O5/c1-15-6-7-3-8(10(12)11(13)14)5-9(4-7)16-2/h3-5,10,12H,6H2,1-2H3,(H,13,14). The first-order chi connectivity index (χ1) is 7.58. The van der Waals surface area contributed by atoms with Crippen LogP contribution in [-0.2, 0) is 16.1 Å². The number of carboxylic acid groups (broad SMARTS) is 1. The number of aliphatic carboxylic acids is 1. The first-order valence-corrected chi connectivity index (χ1v) is 4.66. The van der Waals surface area contributed by atoms with Gasteiger partial charge in [-0.15, -0.1) is 0 Å². The van der Waals surface area contributed by atoms with Crippen LogP contribution in [0.1, 0.15) is 17.2 Å².